The predicted octanol–water partition coefficient (Wildman–Crippen LogP) is 0.866. The lowest BCUT2D eigenvalue weighted by Crippen LogP contribution is -2.46. The molecule has 2 heterocycles. The largest absolute Gasteiger partial charge is 0.382 e. The van der Waals surface area contributed by atoms with Crippen LogP contribution in [0.5, 0.6) is 0 Å². The molecule has 1 aromatic rings. The molecule has 1 aliphatic heterocycles. The van der Waals surface area contributed by atoms with Crippen LogP contribution < -0.4 is 5.32 Å². The Labute approximate surface area is 117 Å². The zero-order chi connectivity index (χ0) is 13.7. The highest BCUT2D eigenvalue weighted by molar-refractivity contribution is 7.99. The van der Waals surface area contributed by atoms with Gasteiger partial charge in [0.25, 0.3) is 0 Å². The van der Waals surface area contributed by atoms with Crippen molar-refractivity contribution in [3.05, 3.63) is 18.0 Å². The molecule has 1 aliphatic rings. The molecule has 0 radical (unpaired) electrons. The average molecular weight is 284 g/mol. The van der Waals surface area contributed by atoms with Gasteiger partial charge in [-0.15, -0.1) is 0 Å². The summed E-state index contributed by atoms with van der Waals surface area (Å²) in [6.07, 6.45) is 1.72. The maximum absolute atomic E-state index is 12.2. The zero-order valence-corrected chi connectivity index (χ0v) is 12.2. The smallest absolute Gasteiger partial charge is 0.318 e. The lowest BCUT2D eigenvalue weighted by Gasteiger charge is -2.29. The van der Waals surface area contributed by atoms with Gasteiger partial charge in [0.1, 0.15) is 0 Å². The van der Waals surface area contributed by atoms with E-state index >= 15 is 0 Å². The molecule has 1 saturated heterocycles. The molecule has 0 bridgehead atoms. The molecule has 1 aromatic heterocycles. The van der Waals surface area contributed by atoms with Crippen LogP contribution in [0, 0.1) is 0 Å². The van der Waals surface area contributed by atoms with Crippen LogP contribution in [0.2, 0.25) is 0 Å². The molecular weight excluding hydrogens is 264 g/mol. The average Bonchev–Trinajstić information content (AvgIpc) is 2.85. The van der Waals surface area contributed by atoms with Gasteiger partial charge < -0.3 is 15.0 Å². The van der Waals surface area contributed by atoms with Gasteiger partial charge in [-0.1, -0.05) is 0 Å². The monoisotopic (exact) mass is 284 g/mol. The number of ether oxygens (including phenoxy) is 1. The minimum atomic E-state index is -0.167. The summed E-state index contributed by atoms with van der Waals surface area (Å²) in [4.78, 5) is 14.1. The van der Waals surface area contributed by atoms with Crippen molar-refractivity contribution in [2.24, 2.45) is 7.05 Å². The number of nitrogens with zero attached hydrogens (tertiary/aromatic N) is 3. The number of carbonyl (C=O) groups is 1. The Balaban J connectivity index is 2.00. The Morgan fingerprint density at radius 2 is 2.32 bits per heavy atom. The first-order chi connectivity index (χ1) is 9.22. The lowest BCUT2D eigenvalue weighted by atomic mass is 10.2. The number of aromatic nitrogens is 2. The van der Waals surface area contributed by atoms with E-state index in [1.54, 1.807) is 18.0 Å². The fourth-order valence-corrected chi connectivity index (χ4v) is 3.00. The number of aryl methyl sites for hydroxylation is 1. The van der Waals surface area contributed by atoms with Gasteiger partial charge >= 0.3 is 6.03 Å². The highest BCUT2D eigenvalue weighted by Gasteiger charge is 2.22. The minimum Gasteiger partial charge on any atom is -0.382 e. The van der Waals surface area contributed by atoms with E-state index in [2.05, 4.69) is 10.4 Å². The zero-order valence-electron chi connectivity index (χ0n) is 11.3. The summed E-state index contributed by atoms with van der Waals surface area (Å²) in [6.45, 7) is 2.05. The summed E-state index contributed by atoms with van der Waals surface area (Å²) in [7, 11) is 3.49. The first kappa shape index (κ1) is 14.2. The molecule has 7 heteroatoms. The van der Waals surface area contributed by atoms with Gasteiger partial charge in [-0.05, 0) is 6.07 Å². The molecule has 2 rings (SSSR count). The first-order valence-corrected chi connectivity index (χ1v) is 7.48. The normalized spacial score (nSPS) is 17.3. The predicted molar refractivity (Wildman–Crippen MR) is 75.3 cm³/mol. The van der Waals surface area contributed by atoms with Crippen LogP contribution in [-0.4, -0.2) is 59.0 Å². The van der Waals surface area contributed by atoms with Crippen molar-refractivity contribution >= 4 is 17.8 Å². The maximum atomic E-state index is 12.2. The van der Waals surface area contributed by atoms with Gasteiger partial charge in [-0.2, -0.15) is 16.9 Å². The fraction of sp³-hybridized carbons (Fsp3) is 0.667. The highest BCUT2D eigenvalue weighted by atomic mass is 32.2. The van der Waals surface area contributed by atoms with Crippen LogP contribution in [0.25, 0.3) is 0 Å². The number of hydrogen-bond donors (Lipinski definition) is 1. The van der Waals surface area contributed by atoms with Crippen LogP contribution in [-0.2, 0) is 11.8 Å². The van der Waals surface area contributed by atoms with Gasteiger partial charge in [0.05, 0.1) is 18.3 Å². The molecule has 0 aromatic carbocycles. The van der Waals surface area contributed by atoms with Gasteiger partial charge in [0, 0.05) is 44.9 Å². The third-order valence-corrected chi connectivity index (χ3v) is 4.09. The third kappa shape index (κ3) is 3.63. The highest BCUT2D eigenvalue weighted by Crippen LogP contribution is 2.14. The molecule has 0 saturated carbocycles. The van der Waals surface area contributed by atoms with Crippen molar-refractivity contribution in [2.75, 3.05) is 38.3 Å². The Morgan fingerprint density at radius 3 is 2.89 bits per heavy atom. The first-order valence-electron chi connectivity index (χ1n) is 6.32. The molecule has 1 N–H and O–H groups in total. The summed E-state index contributed by atoms with van der Waals surface area (Å²) < 4.78 is 6.95. The standard InChI is InChI=1S/C12H20N4O2S/c1-15-11(3-4-13-15)10(9-18-2)14-12(17)16-5-7-19-8-6-16/h3-4,10H,5-9H2,1-2H3,(H,14,17). The number of nitrogens with one attached hydrogen (secondary N) is 1. The summed E-state index contributed by atoms with van der Waals surface area (Å²) in [5.74, 6) is 2.02. The maximum Gasteiger partial charge on any atom is 0.318 e. The SMILES string of the molecule is COCC(NC(=O)N1CCSCC1)c1ccnn1C. The molecule has 0 aliphatic carbocycles. The molecule has 0 spiro atoms. The van der Waals surface area contributed by atoms with Crippen LogP contribution in [0.15, 0.2) is 12.3 Å². The lowest BCUT2D eigenvalue weighted by molar-refractivity contribution is 0.153. The van der Waals surface area contributed by atoms with E-state index in [0.717, 1.165) is 30.3 Å². The number of amides is 2. The number of carbonyl (C=O) groups excluding carboxylic acids is 1. The number of urea groups is 1. The number of thioether (sulfide) groups is 1. The topological polar surface area (TPSA) is 59.4 Å². The molecule has 1 fully saturated rings. The van der Waals surface area contributed by atoms with E-state index in [1.807, 2.05) is 29.8 Å². The molecule has 106 valence electrons. The number of methoxy groups -OCH3 is 1. The summed E-state index contributed by atoms with van der Waals surface area (Å²) in [6, 6.07) is 1.71. The second-order valence-corrected chi connectivity index (χ2v) is 5.66. The van der Waals surface area contributed by atoms with E-state index in [4.69, 9.17) is 4.74 Å². The number of rotatable bonds is 4. The summed E-state index contributed by atoms with van der Waals surface area (Å²) in [5, 5.41) is 7.16. The molecule has 2 amide bonds. The third-order valence-electron chi connectivity index (χ3n) is 3.15. The van der Waals surface area contributed by atoms with Crippen molar-refractivity contribution in [3.8, 4) is 0 Å². The fourth-order valence-electron chi connectivity index (χ4n) is 2.10. The Bertz CT molecular complexity index is 418. The van der Waals surface area contributed by atoms with Crippen molar-refractivity contribution in [1.29, 1.82) is 0 Å². The Kier molecular flexibility index (Phi) is 5.09. The van der Waals surface area contributed by atoms with Gasteiger partial charge in [0.2, 0.25) is 0 Å². The van der Waals surface area contributed by atoms with Crippen LogP contribution in [0.1, 0.15) is 11.7 Å². The second-order valence-electron chi connectivity index (χ2n) is 4.44. The van der Waals surface area contributed by atoms with E-state index in [-0.39, 0.29) is 12.1 Å². The van der Waals surface area contributed by atoms with Crippen LogP contribution in [0.4, 0.5) is 4.79 Å². The summed E-state index contributed by atoms with van der Waals surface area (Å²) in [5.41, 5.74) is 0.946. The van der Waals surface area contributed by atoms with Gasteiger partial charge in [-0.3, -0.25) is 4.68 Å². The molecule has 1 unspecified atom stereocenters. The molecule has 1 atom stereocenters. The second kappa shape index (κ2) is 6.81. The van der Waals surface area contributed by atoms with E-state index < -0.39 is 0 Å². The Morgan fingerprint density at radius 1 is 1.58 bits per heavy atom. The van der Waals surface area contributed by atoms with Crippen LogP contribution in [0.3, 0.4) is 0 Å². The van der Waals surface area contributed by atoms with Gasteiger partial charge in [0.15, 0.2) is 0 Å². The van der Waals surface area contributed by atoms with E-state index in [1.165, 1.54) is 0 Å². The van der Waals surface area contributed by atoms with Crippen molar-refractivity contribution < 1.29 is 9.53 Å². The molecular formula is C12H20N4O2S. The summed E-state index contributed by atoms with van der Waals surface area (Å²) >= 11 is 1.88. The Hall–Kier alpha value is -1.21. The minimum absolute atomic E-state index is 0.0245. The quantitative estimate of drug-likeness (QED) is 0.891. The van der Waals surface area contributed by atoms with Crippen molar-refractivity contribution in [2.45, 2.75) is 6.04 Å². The van der Waals surface area contributed by atoms with Crippen molar-refractivity contribution in [3.63, 3.8) is 0 Å². The van der Waals surface area contributed by atoms with E-state index in [0.29, 0.717) is 6.61 Å². The molecule has 6 nitrogen and oxygen atoms in total. The van der Waals surface area contributed by atoms with E-state index in [9.17, 15) is 4.79 Å². The van der Waals surface area contributed by atoms with Gasteiger partial charge in [-0.25, -0.2) is 4.79 Å². The van der Waals surface area contributed by atoms with Crippen LogP contribution >= 0.6 is 11.8 Å². The number of hydrogen-bond acceptors (Lipinski definition) is 4. The molecule has 19 heavy (non-hydrogen) atoms. The van der Waals surface area contributed by atoms with Crippen molar-refractivity contribution in [1.82, 2.24) is 20.0 Å².